The summed E-state index contributed by atoms with van der Waals surface area (Å²) in [7, 11) is 0. The van der Waals surface area contributed by atoms with Gasteiger partial charge >= 0.3 is 5.97 Å². The quantitative estimate of drug-likeness (QED) is 0.124. The van der Waals surface area contributed by atoms with Crippen LogP contribution in [0.3, 0.4) is 0 Å². The molecule has 0 saturated carbocycles. The third kappa shape index (κ3) is 12.3. The number of ether oxygens (including phenoxy) is 1. The van der Waals surface area contributed by atoms with Crippen molar-refractivity contribution in [3.8, 4) is 0 Å². The minimum Gasteiger partial charge on any atom is -0.418 e. The summed E-state index contributed by atoms with van der Waals surface area (Å²) in [5.74, 6) is -0.148. The Hall–Kier alpha value is -0.700. The average molecular weight is 367 g/mol. The van der Waals surface area contributed by atoms with Crippen LogP contribution in [0.2, 0.25) is 0 Å². The van der Waals surface area contributed by atoms with E-state index in [4.69, 9.17) is 17.0 Å². The van der Waals surface area contributed by atoms with E-state index in [1.165, 1.54) is 89.9 Å². The molecule has 1 fully saturated rings. The van der Waals surface area contributed by atoms with E-state index in [2.05, 4.69) is 19.1 Å². The number of hydrogen-bond donors (Lipinski definition) is 0. The fraction of sp³-hybridized carbons (Fsp3) is 0.818. The van der Waals surface area contributed by atoms with Gasteiger partial charge in [0.05, 0.1) is 12.3 Å². The van der Waals surface area contributed by atoms with Crippen LogP contribution in [0, 0.1) is 5.92 Å². The molecule has 1 aliphatic rings. The van der Waals surface area contributed by atoms with Crippen molar-refractivity contribution < 1.29 is 9.53 Å². The Morgan fingerprint density at radius 2 is 1.36 bits per heavy atom. The van der Waals surface area contributed by atoms with Crippen molar-refractivity contribution in [1.29, 1.82) is 0 Å². The number of cyclic esters (lactones) is 1. The number of carbonyl (C=O) groups excluding carboxylic acids is 1. The molecule has 0 aromatic rings. The van der Waals surface area contributed by atoms with Gasteiger partial charge in [0.1, 0.15) is 0 Å². The molecule has 1 atom stereocenters. The highest BCUT2D eigenvalue weighted by Gasteiger charge is 2.27. The largest absolute Gasteiger partial charge is 0.418 e. The highest BCUT2D eigenvalue weighted by Crippen LogP contribution is 2.19. The van der Waals surface area contributed by atoms with Gasteiger partial charge in [-0.25, -0.2) is 0 Å². The Labute approximate surface area is 160 Å². The summed E-state index contributed by atoms with van der Waals surface area (Å²) < 4.78 is 4.89. The predicted octanol–water partition coefficient (Wildman–Crippen LogP) is 7.30. The van der Waals surface area contributed by atoms with Crippen LogP contribution >= 0.6 is 12.2 Å². The van der Waals surface area contributed by atoms with Crippen molar-refractivity contribution in [3.63, 3.8) is 0 Å². The van der Waals surface area contributed by atoms with Crippen LogP contribution in [-0.4, -0.2) is 11.0 Å². The maximum Gasteiger partial charge on any atom is 0.312 e. The van der Waals surface area contributed by atoms with Gasteiger partial charge in [-0.1, -0.05) is 103 Å². The second-order valence-corrected chi connectivity index (χ2v) is 7.82. The predicted molar refractivity (Wildman–Crippen MR) is 111 cm³/mol. The fourth-order valence-electron chi connectivity index (χ4n) is 3.36. The van der Waals surface area contributed by atoms with Gasteiger partial charge in [-0.15, -0.1) is 0 Å². The van der Waals surface area contributed by atoms with Crippen LogP contribution in [0.4, 0.5) is 0 Å². The first-order chi connectivity index (χ1) is 12.2. The molecule has 0 aromatic carbocycles. The third-order valence-electron chi connectivity index (χ3n) is 5.00. The molecule has 144 valence electrons. The summed E-state index contributed by atoms with van der Waals surface area (Å²) in [5, 5.41) is 0.446. The maximum absolute atomic E-state index is 11.1. The highest BCUT2D eigenvalue weighted by atomic mass is 32.1. The van der Waals surface area contributed by atoms with Crippen molar-refractivity contribution in [2.75, 3.05) is 0 Å². The molecule has 0 N–H and O–H groups in total. The zero-order valence-electron chi connectivity index (χ0n) is 16.3. The number of hydrogen-bond acceptors (Lipinski definition) is 3. The van der Waals surface area contributed by atoms with Crippen LogP contribution in [0.1, 0.15) is 110 Å². The van der Waals surface area contributed by atoms with E-state index in [0.29, 0.717) is 11.5 Å². The zero-order chi connectivity index (χ0) is 18.2. The van der Waals surface area contributed by atoms with Gasteiger partial charge in [-0.2, -0.15) is 0 Å². The summed E-state index contributed by atoms with van der Waals surface area (Å²) in [4.78, 5) is 11.1. The Bertz CT molecular complexity index is 389. The van der Waals surface area contributed by atoms with Crippen LogP contribution < -0.4 is 0 Å². The Morgan fingerprint density at radius 3 is 1.80 bits per heavy atom. The van der Waals surface area contributed by atoms with Gasteiger partial charge in [0.2, 0.25) is 0 Å². The van der Waals surface area contributed by atoms with Gasteiger partial charge < -0.3 is 4.74 Å². The van der Waals surface area contributed by atoms with Gasteiger partial charge in [0.15, 0.2) is 5.05 Å². The van der Waals surface area contributed by atoms with Gasteiger partial charge in [-0.3, -0.25) is 4.79 Å². The molecule has 1 heterocycles. The summed E-state index contributed by atoms with van der Waals surface area (Å²) >= 11 is 5.03. The molecule has 0 bridgehead atoms. The van der Waals surface area contributed by atoms with E-state index in [9.17, 15) is 4.79 Å². The lowest BCUT2D eigenvalue weighted by Crippen LogP contribution is -2.00. The summed E-state index contributed by atoms with van der Waals surface area (Å²) in [5.41, 5.74) is 0. The lowest BCUT2D eigenvalue weighted by molar-refractivity contribution is -0.133. The standard InChI is InChI=1S/C22H38O2S/c1-2-3-4-5-6-7-8-9-10-11-12-13-14-15-16-17-18-20-19-21(23)24-22(20)25/h17-18,20H,2-16,19H2,1H3. The number of unbranched alkanes of at least 4 members (excludes halogenated alkanes) is 14. The van der Waals surface area contributed by atoms with E-state index in [-0.39, 0.29) is 11.9 Å². The lowest BCUT2D eigenvalue weighted by Gasteiger charge is -2.03. The second-order valence-electron chi connectivity index (χ2n) is 7.42. The third-order valence-corrected chi connectivity index (χ3v) is 5.38. The van der Waals surface area contributed by atoms with Crippen molar-refractivity contribution in [1.82, 2.24) is 0 Å². The van der Waals surface area contributed by atoms with Crippen molar-refractivity contribution in [3.05, 3.63) is 12.2 Å². The molecule has 0 radical (unpaired) electrons. The summed E-state index contributed by atoms with van der Waals surface area (Å²) in [6, 6.07) is 0. The SMILES string of the molecule is CCCCCCCCCCCCCCCCC=CC1CC(=O)OC1=S. The molecule has 25 heavy (non-hydrogen) atoms. The lowest BCUT2D eigenvalue weighted by atomic mass is 10.0. The molecule has 2 nitrogen and oxygen atoms in total. The first-order valence-electron chi connectivity index (χ1n) is 10.6. The second kappa shape index (κ2) is 15.5. The molecule has 1 aliphatic heterocycles. The normalized spacial score (nSPS) is 17.6. The molecule has 1 unspecified atom stereocenters. The molecule has 1 saturated heterocycles. The Balaban J connectivity index is 1.77. The van der Waals surface area contributed by atoms with Gasteiger partial charge in [0.25, 0.3) is 0 Å². The minimum atomic E-state index is -0.184. The van der Waals surface area contributed by atoms with Crippen molar-refractivity contribution in [2.45, 2.75) is 110 Å². The number of carbonyl (C=O) groups is 1. The molecule has 0 aliphatic carbocycles. The first kappa shape index (κ1) is 22.3. The zero-order valence-corrected chi connectivity index (χ0v) is 17.1. The molecule has 0 spiro atoms. The van der Waals surface area contributed by atoms with E-state index < -0.39 is 0 Å². The number of allylic oxidation sites excluding steroid dienone is 1. The number of esters is 1. The van der Waals surface area contributed by atoms with Gasteiger partial charge in [0, 0.05) is 0 Å². The molecule has 3 heteroatoms. The Kier molecular flexibility index (Phi) is 13.9. The van der Waals surface area contributed by atoms with Crippen molar-refractivity contribution in [2.24, 2.45) is 5.92 Å². The smallest absolute Gasteiger partial charge is 0.312 e. The van der Waals surface area contributed by atoms with Crippen molar-refractivity contribution >= 4 is 23.2 Å². The van der Waals surface area contributed by atoms with E-state index in [1.54, 1.807) is 0 Å². The summed E-state index contributed by atoms with van der Waals surface area (Å²) in [6.45, 7) is 2.28. The maximum atomic E-state index is 11.1. The minimum absolute atomic E-state index is 0.0362. The topological polar surface area (TPSA) is 26.3 Å². The van der Waals surface area contributed by atoms with Crippen LogP contribution in [-0.2, 0) is 9.53 Å². The fourth-order valence-corrected chi connectivity index (χ4v) is 3.61. The first-order valence-corrected chi connectivity index (χ1v) is 11.1. The monoisotopic (exact) mass is 366 g/mol. The van der Waals surface area contributed by atoms with Crippen LogP contribution in [0.25, 0.3) is 0 Å². The van der Waals surface area contributed by atoms with Crippen LogP contribution in [0.5, 0.6) is 0 Å². The molecular weight excluding hydrogens is 328 g/mol. The van der Waals surface area contributed by atoms with E-state index in [1.807, 2.05) is 0 Å². The van der Waals surface area contributed by atoms with Gasteiger partial charge in [-0.05, 0) is 25.1 Å². The van der Waals surface area contributed by atoms with E-state index in [0.717, 1.165) is 6.42 Å². The van der Waals surface area contributed by atoms with E-state index >= 15 is 0 Å². The number of rotatable bonds is 16. The Morgan fingerprint density at radius 1 is 0.880 bits per heavy atom. The molecule has 0 aromatic heterocycles. The molecule has 0 amide bonds. The number of thiocarbonyl (C=S) groups is 1. The summed E-state index contributed by atoms with van der Waals surface area (Å²) in [6.07, 6.45) is 25.2. The van der Waals surface area contributed by atoms with Crippen LogP contribution in [0.15, 0.2) is 12.2 Å². The molecule has 1 rings (SSSR count). The average Bonchev–Trinajstić information content (AvgIpc) is 2.92. The molecular formula is C22H38O2S. The highest BCUT2D eigenvalue weighted by molar-refractivity contribution is 7.80.